The van der Waals surface area contributed by atoms with Gasteiger partial charge in [-0.05, 0) is 69.2 Å². The molecule has 2 atom stereocenters. The van der Waals surface area contributed by atoms with Crippen LogP contribution in [0.4, 0.5) is 0 Å². The molecule has 0 aliphatic carbocycles. The van der Waals surface area contributed by atoms with Gasteiger partial charge in [0.2, 0.25) is 11.8 Å². The van der Waals surface area contributed by atoms with Crippen LogP contribution in [-0.2, 0) is 20.9 Å². The van der Waals surface area contributed by atoms with Crippen molar-refractivity contribution in [2.75, 3.05) is 32.8 Å². The van der Waals surface area contributed by atoms with Gasteiger partial charge in [0, 0.05) is 32.7 Å². The van der Waals surface area contributed by atoms with Crippen LogP contribution >= 0.6 is 0 Å². The molecule has 0 aromatic heterocycles. The van der Waals surface area contributed by atoms with Crippen molar-refractivity contribution in [3.8, 4) is 0 Å². The maximum Gasteiger partial charge on any atom is 0.262 e. The lowest BCUT2D eigenvalue weighted by atomic mass is 9.96. The Hall–Kier alpha value is -2.62. The lowest BCUT2D eigenvalue weighted by Crippen LogP contribution is -2.54. The Bertz CT molecular complexity index is 997. The predicted molar refractivity (Wildman–Crippen MR) is 128 cm³/mol. The molecule has 4 heterocycles. The van der Waals surface area contributed by atoms with E-state index >= 15 is 0 Å². The average Bonchev–Trinajstić information content (AvgIpc) is 3.12. The van der Waals surface area contributed by atoms with E-state index in [9.17, 15) is 19.2 Å². The molecule has 3 fully saturated rings. The van der Waals surface area contributed by atoms with Crippen molar-refractivity contribution < 1.29 is 23.9 Å². The zero-order valence-electron chi connectivity index (χ0n) is 20.1. The van der Waals surface area contributed by atoms with E-state index in [2.05, 4.69) is 15.5 Å². The molecule has 5 rings (SSSR count). The van der Waals surface area contributed by atoms with Crippen molar-refractivity contribution in [1.29, 1.82) is 0 Å². The number of piperidine rings is 3. The Morgan fingerprint density at radius 1 is 1.00 bits per heavy atom. The Labute approximate surface area is 205 Å². The minimum absolute atomic E-state index is 0.116. The Balaban J connectivity index is 1.17. The number of carbonyl (C=O) groups is 4. The fraction of sp³-hybridized carbons (Fsp3) is 0.615. The molecule has 0 bridgehead atoms. The third-order valence-electron chi connectivity index (χ3n) is 7.76. The van der Waals surface area contributed by atoms with Gasteiger partial charge >= 0.3 is 0 Å². The van der Waals surface area contributed by atoms with Crippen LogP contribution < -0.4 is 10.6 Å². The molecule has 2 N–H and O–H groups in total. The molecule has 4 amide bonds. The zero-order chi connectivity index (χ0) is 24.4. The summed E-state index contributed by atoms with van der Waals surface area (Å²) in [5, 5.41) is 5.70. The largest absolute Gasteiger partial charge is 0.378 e. The van der Waals surface area contributed by atoms with Crippen LogP contribution in [0.2, 0.25) is 0 Å². The summed E-state index contributed by atoms with van der Waals surface area (Å²) in [6.07, 6.45) is 6.12. The van der Waals surface area contributed by atoms with Crippen LogP contribution in [0.15, 0.2) is 18.2 Å². The monoisotopic (exact) mass is 482 g/mol. The van der Waals surface area contributed by atoms with Gasteiger partial charge in [-0.1, -0.05) is 12.1 Å². The van der Waals surface area contributed by atoms with Gasteiger partial charge in [-0.3, -0.25) is 34.3 Å². The highest BCUT2D eigenvalue weighted by Crippen LogP contribution is 2.31. The number of likely N-dealkylation sites (tertiary alicyclic amines) is 1. The second-order valence-electron chi connectivity index (χ2n) is 10.1. The van der Waals surface area contributed by atoms with Gasteiger partial charge in [0.05, 0.1) is 17.2 Å². The number of hydrogen-bond donors (Lipinski definition) is 2. The lowest BCUT2D eigenvalue weighted by Gasteiger charge is -2.32. The first-order valence-corrected chi connectivity index (χ1v) is 12.9. The highest BCUT2D eigenvalue weighted by Gasteiger charge is 2.45. The van der Waals surface area contributed by atoms with Crippen molar-refractivity contribution in [1.82, 2.24) is 20.4 Å². The molecule has 0 radical (unpaired) electrons. The van der Waals surface area contributed by atoms with Crippen LogP contribution in [0.25, 0.3) is 0 Å². The molecule has 3 saturated heterocycles. The molecule has 1 aromatic carbocycles. The smallest absolute Gasteiger partial charge is 0.262 e. The van der Waals surface area contributed by atoms with Crippen molar-refractivity contribution in [3.05, 3.63) is 34.9 Å². The predicted octanol–water partition coefficient (Wildman–Crippen LogP) is 1.46. The van der Waals surface area contributed by atoms with E-state index in [-0.39, 0.29) is 24.9 Å². The summed E-state index contributed by atoms with van der Waals surface area (Å²) in [6, 6.07) is 4.39. The molecule has 4 aliphatic heterocycles. The van der Waals surface area contributed by atoms with Crippen LogP contribution in [0.3, 0.4) is 0 Å². The minimum Gasteiger partial charge on any atom is -0.378 e. The van der Waals surface area contributed by atoms with E-state index in [0.717, 1.165) is 68.4 Å². The van der Waals surface area contributed by atoms with Crippen molar-refractivity contribution >= 4 is 23.6 Å². The Morgan fingerprint density at radius 3 is 2.57 bits per heavy atom. The molecule has 9 heteroatoms. The molecule has 0 saturated carbocycles. The highest BCUT2D eigenvalue weighted by molar-refractivity contribution is 6.24. The zero-order valence-corrected chi connectivity index (χ0v) is 20.1. The molecule has 35 heavy (non-hydrogen) atoms. The number of fused-ring (bicyclic) bond motifs is 1. The number of hydrogen-bond acceptors (Lipinski definition) is 7. The van der Waals surface area contributed by atoms with Gasteiger partial charge in [-0.15, -0.1) is 0 Å². The first-order valence-electron chi connectivity index (χ1n) is 12.9. The summed E-state index contributed by atoms with van der Waals surface area (Å²) in [7, 11) is 0. The number of imide groups is 2. The Kier molecular flexibility index (Phi) is 7.27. The minimum atomic E-state index is -0.940. The van der Waals surface area contributed by atoms with Crippen LogP contribution in [-0.4, -0.2) is 78.4 Å². The van der Waals surface area contributed by atoms with Crippen molar-refractivity contribution in [2.24, 2.45) is 5.92 Å². The van der Waals surface area contributed by atoms with Crippen LogP contribution in [0.1, 0.15) is 71.2 Å². The number of benzene rings is 1. The van der Waals surface area contributed by atoms with Crippen molar-refractivity contribution in [3.63, 3.8) is 0 Å². The summed E-state index contributed by atoms with van der Waals surface area (Å²) >= 11 is 0. The highest BCUT2D eigenvalue weighted by atomic mass is 16.5. The molecule has 2 unspecified atom stereocenters. The summed E-state index contributed by atoms with van der Waals surface area (Å²) < 4.78 is 6.17. The van der Waals surface area contributed by atoms with Gasteiger partial charge < -0.3 is 10.1 Å². The SMILES string of the molecule is O=C1CCC(N2C(=O)c3cccc(CN4CCC(OCCC5CCCNC5)CC4)c3C2=O)C(=O)N1. The van der Waals surface area contributed by atoms with Gasteiger partial charge in [0.15, 0.2) is 0 Å². The van der Waals surface area contributed by atoms with E-state index in [1.54, 1.807) is 12.1 Å². The lowest BCUT2D eigenvalue weighted by molar-refractivity contribution is -0.136. The standard InChI is InChI=1S/C26H34N4O5/c31-22-7-6-21(24(32)28-22)30-25(33)20-5-1-4-18(23(20)26(30)34)16-29-12-8-19(9-13-29)35-14-10-17-3-2-11-27-15-17/h1,4-5,17,19,21,27H,2-3,6-16H2,(H,28,31,32). The number of ether oxygens (including phenoxy) is 1. The number of carbonyl (C=O) groups excluding carboxylic acids is 4. The van der Waals surface area contributed by atoms with Crippen LogP contribution in [0, 0.1) is 5.92 Å². The molecule has 4 aliphatic rings. The molecule has 1 aromatic rings. The summed E-state index contributed by atoms with van der Waals surface area (Å²) in [5.74, 6) is -1.13. The third-order valence-corrected chi connectivity index (χ3v) is 7.76. The van der Waals surface area contributed by atoms with Gasteiger partial charge in [0.1, 0.15) is 6.04 Å². The Morgan fingerprint density at radius 2 is 1.83 bits per heavy atom. The second-order valence-corrected chi connectivity index (χ2v) is 10.1. The maximum absolute atomic E-state index is 13.3. The van der Waals surface area contributed by atoms with E-state index in [1.807, 2.05) is 6.07 Å². The summed E-state index contributed by atoms with van der Waals surface area (Å²) in [4.78, 5) is 53.5. The number of nitrogens with zero attached hydrogens (tertiary/aromatic N) is 2. The summed E-state index contributed by atoms with van der Waals surface area (Å²) in [6.45, 7) is 5.37. The quantitative estimate of drug-likeness (QED) is 0.567. The summed E-state index contributed by atoms with van der Waals surface area (Å²) in [5.41, 5.74) is 1.54. The first-order chi connectivity index (χ1) is 17.0. The van der Waals surface area contributed by atoms with E-state index in [1.165, 1.54) is 12.8 Å². The van der Waals surface area contributed by atoms with E-state index in [0.29, 0.717) is 17.7 Å². The topological polar surface area (TPSA) is 108 Å². The molecular formula is C26H34N4O5. The third kappa shape index (κ3) is 5.17. The second kappa shape index (κ2) is 10.6. The number of nitrogens with one attached hydrogen (secondary N) is 2. The molecule has 9 nitrogen and oxygen atoms in total. The van der Waals surface area contributed by atoms with Crippen molar-refractivity contribution in [2.45, 2.75) is 63.6 Å². The van der Waals surface area contributed by atoms with Gasteiger partial charge in [-0.25, -0.2) is 0 Å². The van der Waals surface area contributed by atoms with E-state index < -0.39 is 23.8 Å². The van der Waals surface area contributed by atoms with Gasteiger partial charge in [-0.2, -0.15) is 0 Å². The number of amides is 4. The molecular weight excluding hydrogens is 448 g/mol. The maximum atomic E-state index is 13.3. The molecule has 0 spiro atoms. The number of rotatable bonds is 7. The van der Waals surface area contributed by atoms with Gasteiger partial charge in [0.25, 0.3) is 11.8 Å². The first kappa shape index (κ1) is 24.1. The fourth-order valence-corrected chi connectivity index (χ4v) is 5.76. The fourth-order valence-electron chi connectivity index (χ4n) is 5.76. The average molecular weight is 483 g/mol. The molecule has 188 valence electrons. The van der Waals surface area contributed by atoms with Crippen LogP contribution in [0.5, 0.6) is 0 Å². The van der Waals surface area contributed by atoms with E-state index in [4.69, 9.17) is 4.74 Å². The normalized spacial score (nSPS) is 26.2.